The first kappa shape index (κ1) is 14.5. The first-order valence-electron chi connectivity index (χ1n) is 6.22. The van der Waals surface area contributed by atoms with Crippen LogP contribution in [0, 0.1) is 25.5 Å². The van der Waals surface area contributed by atoms with E-state index in [4.69, 9.17) is 4.74 Å². The summed E-state index contributed by atoms with van der Waals surface area (Å²) in [5, 5.41) is 10.3. The van der Waals surface area contributed by atoms with Crippen LogP contribution in [0.1, 0.15) is 28.4 Å². The fourth-order valence-corrected chi connectivity index (χ4v) is 2.14. The lowest BCUT2D eigenvalue weighted by Gasteiger charge is -2.15. The first-order valence-corrected chi connectivity index (χ1v) is 6.22. The highest BCUT2D eigenvalue weighted by Crippen LogP contribution is 2.29. The number of ether oxygens (including phenoxy) is 1. The van der Waals surface area contributed by atoms with E-state index in [2.05, 4.69) is 0 Å². The van der Waals surface area contributed by atoms with Crippen LogP contribution in [-0.4, -0.2) is 12.2 Å². The predicted molar refractivity (Wildman–Crippen MR) is 72.9 cm³/mol. The van der Waals surface area contributed by atoms with E-state index in [1.807, 2.05) is 6.92 Å². The number of rotatable bonds is 3. The molecular weight excluding hydrogens is 262 g/mol. The molecule has 2 rings (SSSR count). The van der Waals surface area contributed by atoms with Gasteiger partial charge in [0.2, 0.25) is 0 Å². The lowest BCUT2D eigenvalue weighted by atomic mass is 9.97. The summed E-state index contributed by atoms with van der Waals surface area (Å²) in [6.07, 6.45) is -1.14. The first-order chi connectivity index (χ1) is 9.43. The standard InChI is InChI=1S/C16H16F2O2/c1-9-7-12(14(18)8-13(9)17)16(19)11-4-5-15(20-3)10(2)6-11/h4-8,16,19H,1-3H3. The van der Waals surface area contributed by atoms with Crippen LogP contribution in [0.25, 0.3) is 0 Å². The predicted octanol–water partition coefficient (Wildman–Crippen LogP) is 3.67. The number of benzene rings is 2. The molecule has 20 heavy (non-hydrogen) atoms. The monoisotopic (exact) mass is 278 g/mol. The number of aliphatic hydroxyl groups excluding tert-OH is 1. The fraction of sp³-hybridized carbons (Fsp3) is 0.250. The molecule has 0 aliphatic carbocycles. The average molecular weight is 278 g/mol. The molecule has 0 aromatic heterocycles. The van der Waals surface area contributed by atoms with Crippen molar-refractivity contribution in [2.75, 3.05) is 7.11 Å². The molecule has 0 heterocycles. The summed E-state index contributed by atoms with van der Waals surface area (Å²) >= 11 is 0. The molecule has 0 radical (unpaired) electrons. The molecule has 0 bridgehead atoms. The van der Waals surface area contributed by atoms with Gasteiger partial charge in [0.15, 0.2) is 0 Å². The van der Waals surface area contributed by atoms with Crippen molar-refractivity contribution in [1.82, 2.24) is 0 Å². The Kier molecular flexibility index (Phi) is 4.04. The lowest BCUT2D eigenvalue weighted by Crippen LogP contribution is -2.05. The largest absolute Gasteiger partial charge is 0.496 e. The molecule has 2 aromatic rings. The zero-order valence-corrected chi connectivity index (χ0v) is 11.6. The van der Waals surface area contributed by atoms with Gasteiger partial charge in [0.1, 0.15) is 23.5 Å². The number of halogens is 2. The van der Waals surface area contributed by atoms with Crippen LogP contribution < -0.4 is 4.74 Å². The van der Waals surface area contributed by atoms with Crippen LogP contribution >= 0.6 is 0 Å². The Bertz CT molecular complexity index is 639. The average Bonchev–Trinajstić information content (AvgIpc) is 2.42. The third-order valence-electron chi connectivity index (χ3n) is 3.31. The van der Waals surface area contributed by atoms with Crippen LogP contribution in [0.3, 0.4) is 0 Å². The Morgan fingerprint density at radius 1 is 1.00 bits per heavy atom. The van der Waals surface area contributed by atoms with Crippen LogP contribution in [0.15, 0.2) is 30.3 Å². The Morgan fingerprint density at radius 2 is 1.70 bits per heavy atom. The summed E-state index contributed by atoms with van der Waals surface area (Å²) in [4.78, 5) is 0. The van der Waals surface area contributed by atoms with Gasteiger partial charge in [0.05, 0.1) is 7.11 Å². The van der Waals surface area contributed by atoms with Gasteiger partial charge in [-0.15, -0.1) is 0 Å². The van der Waals surface area contributed by atoms with E-state index < -0.39 is 17.7 Å². The summed E-state index contributed by atoms with van der Waals surface area (Å²) in [5.74, 6) is -0.685. The van der Waals surface area contributed by atoms with Gasteiger partial charge in [0, 0.05) is 11.6 Å². The van der Waals surface area contributed by atoms with Gasteiger partial charge in [-0.2, -0.15) is 0 Å². The van der Waals surface area contributed by atoms with Crippen molar-refractivity contribution in [3.63, 3.8) is 0 Å². The fourth-order valence-electron chi connectivity index (χ4n) is 2.14. The highest BCUT2D eigenvalue weighted by molar-refractivity contribution is 5.41. The van der Waals surface area contributed by atoms with Crippen LogP contribution in [0.4, 0.5) is 8.78 Å². The van der Waals surface area contributed by atoms with Gasteiger partial charge in [-0.3, -0.25) is 0 Å². The lowest BCUT2D eigenvalue weighted by molar-refractivity contribution is 0.214. The van der Waals surface area contributed by atoms with E-state index in [-0.39, 0.29) is 5.56 Å². The van der Waals surface area contributed by atoms with Gasteiger partial charge in [-0.25, -0.2) is 8.78 Å². The quantitative estimate of drug-likeness (QED) is 0.928. The van der Waals surface area contributed by atoms with E-state index in [0.29, 0.717) is 16.9 Å². The summed E-state index contributed by atoms with van der Waals surface area (Å²) < 4.78 is 32.2. The van der Waals surface area contributed by atoms with Crippen LogP contribution in [-0.2, 0) is 0 Å². The maximum absolute atomic E-state index is 13.8. The second-order valence-electron chi connectivity index (χ2n) is 4.75. The molecule has 0 amide bonds. The SMILES string of the molecule is COc1ccc(C(O)c2cc(C)c(F)cc2F)cc1C. The molecule has 2 nitrogen and oxygen atoms in total. The molecule has 2 aromatic carbocycles. The molecule has 0 spiro atoms. The van der Waals surface area contributed by atoms with Crippen molar-refractivity contribution in [2.45, 2.75) is 20.0 Å². The van der Waals surface area contributed by atoms with Crippen molar-refractivity contribution in [3.8, 4) is 5.75 Å². The topological polar surface area (TPSA) is 29.5 Å². The zero-order valence-electron chi connectivity index (χ0n) is 11.6. The van der Waals surface area contributed by atoms with Gasteiger partial charge in [-0.05, 0) is 48.7 Å². The van der Waals surface area contributed by atoms with Crippen LogP contribution in [0.2, 0.25) is 0 Å². The van der Waals surface area contributed by atoms with Crippen LogP contribution in [0.5, 0.6) is 5.75 Å². The third-order valence-corrected chi connectivity index (χ3v) is 3.31. The second kappa shape index (κ2) is 5.59. The Balaban J connectivity index is 2.43. The summed E-state index contributed by atoms with van der Waals surface area (Å²) in [7, 11) is 1.56. The summed E-state index contributed by atoms with van der Waals surface area (Å²) in [6, 6.07) is 7.22. The maximum Gasteiger partial charge on any atom is 0.132 e. The third kappa shape index (κ3) is 2.65. The van der Waals surface area contributed by atoms with E-state index in [9.17, 15) is 13.9 Å². The van der Waals surface area contributed by atoms with Crippen molar-refractivity contribution < 1.29 is 18.6 Å². The normalized spacial score (nSPS) is 12.3. The molecule has 0 saturated carbocycles. The number of aliphatic hydroxyl groups is 1. The molecule has 1 N–H and O–H groups in total. The summed E-state index contributed by atoms with van der Waals surface area (Å²) in [5.41, 5.74) is 1.73. The number of hydrogen-bond donors (Lipinski definition) is 1. The molecule has 1 atom stereocenters. The minimum absolute atomic E-state index is 0.0634. The Morgan fingerprint density at radius 3 is 2.30 bits per heavy atom. The van der Waals surface area contributed by atoms with Gasteiger partial charge in [-0.1, -0.05) is 6.07 Å². The smallest absolute Gasteiger partial charge is 0.132 e. The Labute approximate surface area is 116 Å². The number of hydrogen-bond acceptors (Lipinski definition) is 2. The molecule has 0 aliphatic rings. The molecule has 0 fully saturated rings. The second-order valence-corrected chi connectivity index (χ2v) is 4.75. The molecule has 4 heteroatoms. The zero-order chi connectivity index (χ0) is 14.9. The van der Waals surface area contributed by atoms with Crippen molar-refractivity contribution in [3.05, 3.63) is 64.2 Å². The van der Waals surface area contributed by atoms with Crippen molar-refractivity contribution in [1.29, 1.82) is 0 Å². The van der Waals surface area contributed by atoms with E-state index in [1.54, 1.807) is 25.3 Å². The van der Waals surface area contributed by atoms with Gasteiger partial charge < -0.3 is 9.84 Å². The molecule has 0 saturated heterocycles. The molecule has 106 valence electrons. The minimum Gasteiger partial charge on any atom is -0.496 e. The number of aryl methyl sites for hydroxylation is 2. The van der Waals surface area contributed by atoms with Crippen molar-refractivity contribution >= 4 is 0 Å². The maximum atomic E-state index is 13.8. The van der Waals surface area contributed by atoms with Crippen molar-refractivity contribution in [2.24, 2.45) is 0 Å². The molecule has 1 unspecified atom stereocenters. The summed E-state index contributed by atoms with van der Waals surface area (Å²) in [6.45, 7) is 3.37. The highest BCUT2D eigenvalue weighted by Gasteiger charge is 2.18. The van der Waals surface area contributed by atoms with E-state index in [0.717, 1.165) is 11.6 Å². The highest BCUT2D eigenvalue weighted by atomic mass is 19.1. The minimum atomic E-state index is -1.14. The Hall–Kier alpha value is -1.94. The van der Waals surface area contributed by atoms with E-state index >= 15 is 0 Å². The molecule has 0 aliphatic heterocycles. The number of methoxy groups -OCH3 is 1. The van der Waals surface area contributed by atoms with Gasteiger partial charge >= 0.3 is 0 Å². The van der Waals surface area contributed by atoms with E-state index in [1.165, 1.54) is 13.0 Å². The van der Waals surface area contributed by atoms with Gasteiger partial charge in [0.25, 0.3) is 0 Å². The molecular formula is C16H16F2O2.